The third-order valence-corrected chi connectivity index (χ3v) is 5.28. The minimum Gasteiger partial charge on any atom is -0.463 e. The van der Waals surface area contributed by atoms with Crippen LogP contribution in [0, 0.1) is 5.82 Å². The van der Waals surface area contributed by atoms with Gasteiger partial charge in [0.25, 0.3) is 10.0 Å². The van der Waals surface area contributed by atoms with E-state index in [1.54, 1.807) is 42.5 Å². The predicted octanol–water partition coefficient (Wildman–Crippen LogP) is 4.28. The van der Waals surface area contributed by atoms with Gasteiger partial charge in [0.1, 0.15) is 11.5 Å². The lowest BCUT2D eigenvalue weighted by Gasteiger charge is -2.08. The minimum absolute atomic E-state index is 0.0758. The first kappa shape index (κ1) is 17.0. The van der Waals surface area contributed by atoms with Crippen molar-refractivity contribution in [2.45, 2.75) is 4.90 Å². The van der Waals surface area contributed by atoms with Crippen LogP contribution in [0.25, 0.3) is 22.6 Å². The second-order valence-corrected chi connectivity index (χ2v) is 7.47. The Morgan fingerprint density at radius 2 is 1.78 bits per heavy atom. The van der Waals surface area contributed by atoms with Gasteiger partial charge in [-0.3, -0.25) is 9.82 Å². The summed E-state index contributed by atoms with van der Waals surface area (Å²) in [6.07, 6.45) is 1.51. The van der Waals surface area contributed by atoms with Gasteiger partial charge in [-0.2, -0.15) is 5.10 Å². The highest BCUT2D eigenvalue weighted by atomic mass is 32.2. The van der Waals surface area contributed by atoms with Crippen LogP contribution in [0.1, 0.15) is 0 Å². The number of H-pyrrole nitrogens is 1. The lowest BCUT2D eigenvalue weighted by Crippen LogP contribution is -2.13. The lowest BCUT2D eigenvalue weighted by molar-refractivity contribution is 0.580. The van der Waals surface area contributed by atoms with Crippen LogP contribution >= 0.6 is 0 Å². The molecule has 8 heteroatoms. The first-order chi connectivity index (χ1) is 13.0. The van der Waals surface area contributed by atoms with Crippen molar-refractivity contribution in [3.8, 4) is 22.6 Å². The largest absolute Gasteiger partial charge is 0.463 e. The summed E-state index contributed by atoms with van der Waals surface area (Å²) in [6.45, 7) is 0. The molecule has 0 bridgehead atoms. The molecular weight excluding hydrogens is 369 g/mol. The fourth-order valence-corrected chi connectivity index (χ4v) is 3.65. The number of aromatic nitrogens is 2. The van der Waals surface area contributed by atoms with E-state index in [9.17, 15) is 12.8 Å². The van der Waals surface area contributed by atoms with E-state index in [2.05, 4.69) is 14.9 Å². The highest BCUT2D eigenvalue weighted by Crippen LogP contribution is 2.25. The number of hydrogen-bond donors (Lipinski definition) is 2. The van der Waals surface area contributed by atoms with E-state index in [4.69, 9.17) is 4.42 Å². The van der Waals surface area contributed by atoms with Crippen LogP contribution in [0.15, 0.2) is 82.3 Å². The van der Waals surface area contributed by atoms with E-state index >= 15 is 0 Å². The topological polar surface area (TPSA) is 88.0 Å². The van der Waals surface area contributed by atoms with Gasteiger partial charge in [0.05, 0.1) is 11.2 Å². The Kier molecular flexibility index (Phi) is 4.25. The summed E-state index contributed by atoms with van der Waals surface area (Å²) in [5.41, 5.74) is 1.93. The average molecular weight is 383 g/mol. The van der Waals surface area contributed by atoms with Crippen molar-refractivity contribution in [1.82, 2.24) is 10.2 Å². The standard InChI is InChI=1S/C19H14FN3O3S/c20-15-8-6-13(7-9-15)14-3-1-4-16(11-14)27(24,25)23-19-12-17(21-22-19)18-5-2-10-26-18/h1-12H,(H2,21,22,23). The number of sulfonamides is 1. The molecular formula is C19H14FN3O3S. The molecule has 0 aliphatic rings. The summed E-state index contributed by atoms with van der Waals surface area (Å²) in [5, 5.41) is 6.67. The number of halogens is 1. The predicted molar refractivity (Wildman–Crippen MR) is 98.9 cm³/mol. The maximum Gasteiger partial charge on any atom is 0.263 e. The van der Waals surface area contributed by atoms with E-state index in [0.29, 0.717) is 22.6 Å². The molecule has 27 heavy (non-hydrogen) atoms. The van der Waals surface area contributed by atoms with Crippen LogP contribution in [-0.4, -0.2) is 18.6 Å². The Morgan fingerprint density at radius 1 is 0.963 bits per heavy atom. The maximum atomic E-state index is 13.1. The number of anilines is 1. The molecule has 2 N–H and O–H groups in total. The number of nitrogens with zero attached hydrogens (tertiary/aromatic N) is 1. The van der Waals surface area contributed by atoms with Crippen LogP contribution in [0.4, 0.5) is 10.2 Å². The van der Waals surface area contributed by atoms with Crippen molar-refractivity contribution < 1.29 is 17.2 Å². The molecule has 136 valence electrons. The Morgan fingerprint density at radius 3 is 2.52 bits per heavy atom. The van der Waals surface area contributed by atoms with E-state index in [1.165, 1.54) is 30.5 Å². The second-order valence-electron chi connectivity index (χ2n) is 5.78. The molecule has 0 aliphatic heterocycles. The Labute approximate surface area is 154 Å². The molecule has 0 fully saturated rings. The van der Waals surface area contributed by atoms with Gasteiger partial charge in [-0.1, -0.05) is 24.3 Å². The SMILES string of the molecule is O=S(=O)(Nc1cc(-c2ccco2)[nH]n1)c1cccc(-c2ccc(F)cc2)c1. The van der Waals surface area contributed by atoms with Gasteiger partial charge in [-0.25, -0.2) is 12.8 Å². The van der Waals surface area contributed by atoms with Crippen LogP contribution in [0.5, 0.6) is 0 Å². The van der Waals surface area contributed by atoms with E-state index in [1.807, 2.05) is 0 Å². The summed E-state index contributed by atoms with van der Waals surface area (Å²) in [6, 6.07) is 17.2. The van der Waals surface area contributed by atoms with E-state index in [-0.39, 0.29) is 16.5 Å². The van der Waals surface area contributed by atoms with Gasteiger partial charge in [-0.05, 0) is 47.5 Å². The molecule has 0 spiro atoms. The molecule has 2 heterocycles. The molecule has 0 unspecified atom stereocenters. The monoisotopic (exact) mass is 383 g/mol. The molecule has 4 aromatic rings. The highest BCUT2D eigenvalue weighted by molar-refractivity contribution is 7.92. The number of benzene rings is 2. The molecule has 0 saturated heterocycles. The average Bonchev–Trinajstić information content (AvgIpc) is 3.34. The summed E-state index contributed by atoms with van der Waals surface area (Å²) in [4.78, 5) is 0.0758. The molecule has 0 saturated carbocycles. The van der Waals surface area contributed by atoms with Gasteiger partial charge in [-0.15, -0.1) is 0 Å². The molecule has 2 aromatic carbocycles. The van der Waals surface area contributed by atoms with Crippen molar-refractivity contribution in [2.24, 2.45) is 0 Å². The first-order valence-corrected chi connectivity index (χ1v) is 9.48. The normalized spacial score (nSPS) is 11.4. The highest BCUT2D eigenvalue weighted by Gasteiger charge is 2.17. The van der Waals surface area contributed by atoms with Crippen molar-refractivity contribution in [1.29, 1.82) is 0 Å². The number of aromatic amines is 1. The Hall–Kier alpha value is -3.39. The number of furan rings is 1. The molecule has 0 radical (unpaired) electrons. The Balaban J connectivity index is 1.61. The van der Waals surface area contributed by atoms with Gasteiger partial charge in [0, 0.05) is 6.07 Å². The lowest BCUT2D eigenvalue weighted by atomic mass is 10.1. The number of nitrogens with one attached hydrogen (secondary N) is 2. The summed E-state index contributed by atoms with van der Waals surface area (Å²) >= 11 is 0. The van der Waals surface area contributed by atoms with Crippen molar-refractivity contribution in [3.63, 3.8) is 0 Å². The minimum atomic E-state index is -3.84. The van der Waals surface area contributed by atoms with Crippen LogP contribution in [0.3, 0.4) is 0 Å². The Bertz CT molecular complexity index is 1170. The van der Waals surface area contributed by atoms with Gasteiger partial charge < -0.3 is 4.42 Å². The van der Waals surface area contributed by atoms with Crippen LogP contribution < -0.4 is 4.72 Å². The molecule has 4 rings (SSSR count). The fourth-order valence-electron chi connectivity index (χ4n) is 2.61. The van der Waals surface area contributed by atoms with E-state index < -0.39 is 10.0 Å². The molecule has 0 amide bonds. The van der Waals surface area contributed by atoms with Gasteiger partial charge in [0.2, 0.25) is 0 Å². The molecule has 6 nitrogen and oxygen atoms in total. The van der Waals surface area contributed by atoms with Crippen LogP contribution in [-0.2, 0) is 10.0 Å². The van der Waals surface area contributed by atoms with E-state index in [0.717, 1.165) is 0 Å². The van der Waals surface area contributed by atoms with Crippen molar-refractivity contribution >= 4 is 15.8 Å². The second kappa shape index (κ2) is 6.73. The summed E-state index contributed by atoms with van der Waals surface area (Å²) in [5.74, 6) is 0.343. The van der Waals surface area contributed by atoms with Crippen molar-refractivity contribution in [2.75, 3.05) is 4.72 Å². The molecule has 2 aromatic heterocycles. The number of rotatable bonds is 5. The third kappa shape index (κ3) is 3.61. The fraction of sp³-hybridized carbons (Fsp3) is 0. The molecule has 0 aliphatic carbocycles. The summed E-state index contributed by atoms with van der Waals surface area (Å²) < 4.78 is 46.1. The zero-order valence-corrected chi connectivity index (χ0v) is 14.7. The van der Waals surface area contributed by atoms with Crippen LogP contribution in [0.2, 0.25) is 0 Å². The maximum absolute atomic E-state index is 13.1. The number of hydrogen-bond acceptors (Lipinski definition) is 4. The smallest absolute Gasteiger partial charge is 0.263 e. The summed E-state index contributed by atoms with van der Waals surface area (Å²) in [7, 11) is -3.84. The van der Waals surface area contributed by atoms with Crippen molar-refractivity contribution in [3.05, 3.63) is 78.8 Å². The zero-order chi connectivity index (χ0) is 18.9. The quantitative estimate of drug-likeness (QED) is 0.538. The third-order valence-electron chi connectivity index (χ3n) is 3.93. The first-order valence-electron chi connectivity index (χ1n) is 7.99. The molecule has 0 atom stereocenters. The zero-order valence-electron chi connectivity index (χ0n) is 13.9. The van der Waals surface area contributed by atoms with Gasteiger partial charge in [0.15, 0.2) is 11.6 Å². The van der Waals surface area contributed by atoms with Gasteiger partial charge >= 0.3 is 0 Å².